The number of nitrogens with two attached hydrogens (primary N) is 1. The summed E-state index contributed by atoms with van der Waals surface area (Å²) < 4.78 is 0.609. The van der Waals surface area contributed by atoms with Crippen LogP contribution in [-0.4, -0.2) is 10.8 Å². The summed E-state index contributed by atoms with van der Waals surface area (Å²) in [4.78, 5) is 21.1. The van der Waals surface area contributed by atoms with Crippen molar-refractivity contribution in [3.05, 3.63) is 38.3 Å². The summed E-state index contributed by atoms with van der Waals surface area (Å²) in [6.07, 6.45) is 0.184. The van der Waals surface area contributed by atoms with Gasteiger partial charge in [-0.25, -0.2) is 0 Å². The summed E-state index contributed by atoms with van der Waals surface area (Å²) in [5.41, 5.74) is 5.55. The normalized spacial score (nSPS) is 11.2. The van der Waals surface area contributed by atoms with Crippen LogP contribution in [0, 0.1) is 10.1 Å². The Morgan fingerprint density at radius 2 is 2.12 bits per heavy atom. The van der Waals surface area contributed by atoms with Gasteiger partial charge in [0.1, 0.15) is 0 Å². The van der Waals surface area contributed by atoms with Gasteiger partial charge in [-0.1, -0.05) is 35.8 Å². The molecule has 0 atom stereocenters. The first-order valence-electron chi connectivity index (χ1n) is 4.97. The predicted molar refractivity (Wildman–Crippen MR) is 67.6 cm³/mol. The molecule has 6 heteroatoms. The van der Waals surface area contributed by atoms with Crippen LogP contribution in [0.3, 0.4) is 0 Å². The molecule has 0 saturated carbocycles. The molecule has 17 heavy (non-hydrogen) atoms. The number of benzene rings is 1. The molecule has 0 aliphatic carbocycles. The van der Waals surface area contributed by atoms with E-state index in [1.807, 2.05) is 13.8 Å². The lowest BCUT2D eigenvalue weighted by atomic mass is 9.81. The second-order valence-electron chi connectivity index (χ2n) is 4.45. The Morgan fingerprint density at radius 3 is 2.53 bits per heavy atom. The van der Waals surface area contributed by atoms with E-state index in [9.17, 15) is 14.9 Å². The van der Waals surface area contributed by atoms with E-state index in [0.29, 0.717) is 4.47 Å². The van der Waals surface area contributed by atoms with Crippen molar-refractivity contribution in [3.63, 3.8) is 0 Å². The van der Waals surface area contributed by atoms with E-state index < -0.39 is 16.2 Å². The first-order chi connectivity index (χ1) is 7.74. The summed E-state index contributed by atoms with van der Waals surface area (Å²) in [6, 6.07) is 4.49. The van der Waals surface area contributed by atoms with Gasteiger partial charge in [-0.15, -0.1) is 0 Å². The van der Waals surface area contributed by atoms with E-state index in [1.54, 1.807) is 6.07 Å². The molecule has 0 aromatic heterocycles. The van der Waals surface area contributed by atoms with E-state index in [0.717, 1.165) is 5.56 Å². The Hall–Kier alpha value is -1.43. The average Bonchev–Trinajstić information content (AvgIpc) is 2.14. The fraction of sp³-hybridized carbons (Fsp3) is 0.364. The highest BCUT2D eigenvalue weighted by Crippen LogP contribution is 2.34. The maximum atomic E-state index is 11.0. The largest absolute Gasteiger partial charge is 0.370 e. The van der Waals surface area contributed by atoms with E-state index in [-0.39, 0.29) is 12.1 Å². The van der Waals surface area contributed by atoms with Crippen LogP contribution in [0.25, 0.3) is 0 Å². The topological polar surface area (TPSA) is 86.2 Å². The number of hydrogen-bond donors (Lipinski definition) is 1. The molecule has 0 fully saturated rings. The summed E-state index contributed by atoms with van der Waals surface area (Å²) >= 11 is 3.28. The van der Waals surface area contributed by atoms with Crippen molar-refractivity contribution in [1.29, 1.82) is 0 Å². The van der Waals surface area contributed by atoms with Crippen molar-refractivity contribution in [2.24, 2.45) is 5.73 Å². The molecule has 0 aliphatic rings. The van der Waals surface area contributed by atoms with Crippen molar-refractivity contribution in [1.82, 2.24) is 0 Å². The van der Waals surface area contributed by atoms with Gasteiger partial charge >= 0.3 is 0 Å². The van der Waals surface area contributed by atoms with Crippen molar-refractivity contribution < 1.29 is 9.72 Å². The monoisotopic (exact) mass is 300 g/mol. The van der Waals surface area contributed by atoms with E-state index in [2.05, 4.69) is 15.9 Å². The van der Waals surface area contributed by atoms with Crippen LogP contribution < -0.4 is 5.73 Å². The number of rotatable bonds is 4. The SMILES string of the molecule is CC(C)(CC(N)=O)c1ccc([N+](=O)[O-])cc1Br. The molecule has 1 amide bonds. The molecule has 0 radical (unpaired) electrons. The number of halogens is 1. The molecular weight excluding hydrogens is 288 g/mol. The lowest BCUT2D eigenvalue weighted by molar-refractivity contribution is -0.384. The quantitative estimate of drug-likeness (QED) is 0.684. The highest BCUT2D eigenvalue weighted by Gasteiger charge is 2.26. The lowest BCUT2D eigenvalue weighted by Crippen LogP contribution is -2.26. The molecule has 1 aromatic carbocycles. The standard InChI is InChI=1S/C11H13BrN2O3/c1-11(2,6-10(13)15)8-4-3-7(14(16)17)5-9(8)12/h3-5H,6H2,1-2H3,(H2,13,15). The maximum Gasteiger partial charge on any atom is 0.270 e. The fourth-order valence-corrected chi connectivity index (χ4v) is 2.60. The van der Waals surface area contributed by atoms with Crippen LogP contribution in [0.5, 0.6) is 0 Å². The van der Waals surface area contributed by atoms with Crippen LogP contribution in [-0.2, 0) is 10.2 Å². The Kier molecular flexibility index (Phi) is 3.87. The summed E-state index contributed by atoms with van der Waals surface area (Å²) in [5, 5.41) is 10.6. The number of carbonyl (C=O) groups excluding carboxylic acids is 1. The second kappa shape index (κ2) is 4.83. The van der Waals surface area contributed by atoms with Crippen molar-refractivity contribution in [3.8, 4) is 0 Å². The fourth-order valence-electron chi connectivity index (χ4n) is 1.70. The first-order valence-corrected chi connectivity index (χ1v) is 5.76. The minimum Gasteiger partial charge on any atom is -0.370 e. The minimum absolute atomic E-state index is 0.00972. The summed E-state index contributed by atoms with van der Waals surface area (Å²) in [5.74, 6) is -0.403. The Balaban J connectivity index is 3.15. The van der Waals surface area contributed by atoms with Gasteiger partial charge in [-0.2, -0.15) is 0 Å². The zero-order valence-electron chi connectivity index (χ0n) is 9.57. The first kappa shape index (κ1) is 13.6. The highest BCUT2D eigenvalue weighted by molar-refractivity contribution is 9.10. The summed E-state index contributed by atoms with van der Waals surface area (Å²) in [7, 11) is 0. The third-order valence-corrected chi connectivity index (χ3v) is 3.16. The number of primary amides is 1. The van der Waals surface area contributed by atoms with Gasteiger partial charge in [-0.3, -0.25) is 14.9 Å². The molecule has 0 saturated heterocycles. The molecule has 0 aliphatic heterocycles. The van der Waals surface area contributed by atoms with Crippen LogP contribution in [0.2, 0.25) is 0 Å². The second-order valence-corrected chi connectivity index (χ2v) is 5.30. The number of nitro groups is 1. The van der Waals surface area contributed by atoms with Crippen LogP contribution in [0.4, 0.5) is 5.69 Å². The number of amides is 1. The molecule has 2 N–H and O–H groups in total. The molecule has 0 spiro atoms. The molecular formula is C11H13BrN2O3. The lowest BCUT2D eigenvalue weighted by Gasteiger charge is -2.24. The summed E-state index contributed by atoms with van der Waals surface area (Å²) in [6.45, 7) is 3.73. The van der Waals surface area contributed by atoms with E-state index in [1.165, 1.54) is 12.1 Å². The van der Waals surface area contributed by atoms with Crippen LogP contribution >= 0.6 is 15.9 Å². The highest BCUT2D eigenvalue weighted by atomic mass is 79.9. The molecule has 0 unspecified atom stereocenters. The third-order valence-electron chi connectivity index (χ3n) is 2.51. The Bertz CT molecular complexity index is 472. The minimum atomic E-state index is -0.463. The molecule has 1 rings (SSSR count). The van der Waals surface area contributed by atoms with Gasteiger partial charge in [0.25, 0.3) is 5.69 Å². The average molecular weight is 301 g/mol. The maximum absolute atomic E-state index is 11.0. The van der Waals surface area contributed by atoms with Crippen molar-refractivity contribution >= 4 is 27.5 Å². The van der Waals surface area contributed by atoms with Gasteiger partial charge in [0.15, 0.2) is 0 Å². The van der Waals surface area contributed by atoms with Gasteiger partial charge in [-0.05, 0) is 11.0 Å². The Morgan fingerprint density at radius 1 is 1.53 bits per heavy atom. The number of nitrogens with zero attached hydrogens (tertiary/aromatic N) is 1. The van der Waals surface area contributed by atoms with Gasteiger partial charge in [0.2, 0.25) is 5.91 Å². The van der Waals surface area contributed by atoms with Crippen molar-refractivity contribution in [2.45, 2.75) is 25.7 Å². The molecule has 1 aromatic rings. The molecule has 5 nitrogen and oxygen atoms in total. The predicted octanol–water partition coefficient (Wildman–Crippen LogP) is 2.51. The van der Waals surface area contributed by atoms with Gasteiger partial charge in [0, 0.05) is 23.0 Å². The van der Waals surface area contributed by atoms with Crippen LogP contribution in [0.1, 0.15) is 25.8 Å². The number of hydrogen-bond acceptors (Lipinski definition) is 3. The molecule has 0 heterocycles. The smallest absolute Gasteiger partial charge is 0.270 e. The Labute approximate surface area is 107 Å². The van der Waals surface area contributed by atoms with Crippen LogP contribution in [0.15, 0.2) is 22.7 Å². The zero-order chi connectivity index (χ0) is 13.2. The third kappa shape index (κ3) is 3.26. The number of nitro benzene ring substituents is 1. The zero-order valence-corrected chi connectivity index (χ0v) is 11.2. The van der Waals surface area contributed by atoms with E-state index >= 15 is 0 Å². The molecule has 0 bridgehead atoms. The van der Waals surface area contributed by atoms with Crippen molar-refractivity contribution in [2.75, 3.05) is 0 Å². The number of non-ortho nitro benzene ring substituents is 1. The van der Waals surface area contributed by atoms with Gasteiger partial charge in [0.05, 0.1) is 4.92 Å². The number of carbonyl (C=O) groups is 1. The molecule has 92 valence electrons. The van der Waals surface area contributed by atoms with E-state index in [4.69, 9.17) is 5.73 Å². The van der Waals surface area contributed by atoms with Gasteiger partial charge < -0.3 is 5.73 Å².